The Morgan fingerprint density at radius 1 is 1.27 bits per heavy atom. The van der Waals surface area contributed by atoms with Crippen molar-refractivity contribution in [3.63, 3.8) is 0 Å². The monoisotopic (exact) mass is 598 g/mol. The number of fused-ring (bicyclic) bond motifs is 1. The minimum atomic E-state index is -4.20. The highest BCUT2D eigenvalue weighted by Gasteiger charge is 2.61. The number of para-hydroxylation sites is 1. The van der Waals surface area contributed by atoms with Crippen LogP contribution in [-0.2, 0) is 23.4 Å². The summed E-state index contributed by atoms with van der Waals surface area (Å²) in [5, 5.41) is 10.9. The number of nitrogens with zero attached hydrogens (tertiary/aromatic N) is 3. The second-order valence-corrected chi connectivity index (χ2v) is 12.3. The quantitative estimate of drug-likeness (QED) is 0.247. The molecule has 1 aromatic carbocycles. The lowest BCUT2D eigenvalue weighted by Crippen LogP contribution is -2.47. The molecule has 2 N–H and O–H groups in total. The van der Waals surface area contributed by atoms with Crippen molar-refractivity contribution in [2.75, 3.05) is 12.8 Å². The molecular weight excluding hydrogens is 565 g/mol. The Morgan fingerprint density at radius 3 is 2.59 bits per heavy atom. The molecule has 41 heavy (non-hydrogen) atoms. The van der Waals surface area contributed by atoms with Gasteiger partial charge in [0.25, 0.3) is 5.56 Å². The number of hydrogen-bond donors (Lipinski definition) is 2. The number of nitrogens with one attached hydrogen (secondary N) is 1. The van der Waals surface area contributed by atoms with E-state index in [1.54, 1.807) is 32.0 Å². The Balaban J connectivity index is 1.63. The van der Waals surface area contributed by atoms with Gasteiger partial charge in [0.2, 0.25) is 5.67 Å². The number of rotatable bonds is 11. The molecule has 1 aliphatic heterocycles. The molecule has 4 rings (SSSR count). The third-order valence-electron chi connectivity index (χ3n) is 6.54. The summed E-state index contributed by atoms with van der Waals surface area (Å²) in [5.41, 5.74) is -3.81. The average Bonchev–Trinajstić information content (AvgIpc) is 3.42. The van der Waals surface area contributed by atoms with Crippen molar-refractivity contribution < 1.29 is 41.8 Å². The third kappa shape index (κ3) is 6.35. The topological polar surface area (TPSA) is 155 Å². The molecule has 0 aliphatic carbocycles. The second kappa shape index (κ2) is 12.0. The molecule has 12 nitrogen and oxygen atoms in total. The van der Waals surface area contributed by atoms with Gasteiger partial charge in [0.1, 0.15) is 30.5 Å². The molecule has 3 aromatic rings. The normalized spacial score (nSPS) is 25.6. The number of aromatic amines is 1. The lowest BCUT2D eigenvalue weighted by molar-refractivity contribution is -0.151. The lowest BCUT2D eigenvalue weighted by Gasteiger charge is -2.29. The summed E-state index contributed by atoms with van der Waals surface area (Å²) in [7, 11) is -4.20. The number of aliphatic hydroxyl groups excluding tert-OH is 1. The predicted octanol–water partition coefficient (Wildman–Crippen LogP) is 3.63. The maximum atomic E-state index is 16.1. The fraction of sp³-hybridized carbons (Fsp3) is 0.538. The number of aryl methyl sites for hydroxylation is 1. The number of hydrogen-bond acceptors (Lipinski definition) is 10. The molecule has 224 valence electrons. The highest BCUT2D eigenvalue weighted by atomic mass is 31.2. The van der Waals surface area contributed by atoms with Crippen LogP contribution in [0.1, 0.15) is 39.7 Å². The van der Waals surface area contributed by atoms with E-state index in [9.17, 15) is 23.7 Å². The van der Waals surface area contributed by atoms with Crippen molar-refractivity contribution in [1.29, 1.82) is 0 Å². The molecule has 0 saturated carbocycles. The van der Waals surface area contributed by atoms with Crippen molar-refractivity contribution in [3.8, 4) is 5.75 Å². The number of alkyl halides is 2. The van der Waals surface area contributed by atoms with Crippen molar-refractivity contribution in [3.05, 3.63) is 52.8 Å². The lowest BCUT2D eigenvalue weighted by atomic mass is 9.95. The standard InChI is InChI=1S/C26H33F2N4O8P/c1-14(2)37-24(35)15(3)11-41(36,40-18-9-7-6-8-10-18)39-16(4)20-21(33)26(28,12-27)25(38-20)32-13-29-19-22(32)30-17(5)31-23(19)34/h6-10,13-16,20-21,25,33H,11-12H2,1-5H3,(H,30,31,34)/t15-,16-,20-,21+,25-,26?,41-/m1/s1. The van der Waals surface area contributed by atoms with Gasteiger partial charge in [0.15, 0.2) is 17.4 Å². The van der Waals surface area contributed by atoms with E-state index in [4.69, 9.17) is 18.5 Å². The smallest absolute Gasteiger partial charge is 0.380 e. The molecule has 0 amide bonds. The van der Waals surface area contributed by atoms with Crippen LogP contribution in [0.15, 0.2) is 41.5 Å². The van der Waals surface area contributed by atoms with E-state index in [1.807, 2.05) is 0 Å². The maximum Gasteiger partial charge on any atom is 0.380 e. The largest absolute Gasteiger partial charge is 0.463 e. The summed E-state index contributed by atoms with van der Waals surface area (Å²) in [4.78, 5) is 35.3. The zero-order valence-electron chi connectivity index (χ0n) is 23.2. The van der Waals surface area contributed by atoms with Gasteiger partial charge in [-0.2, -0.15) is 0 Å². The van der Waals surface area contributed by atoms with Crippen LogP contribution in [0.2, 0.25) is 0 Å². The molecule has 7 atom stereocenters. The molecule has 1 fully saturated rings. The Hall–Kier alpha value is -3.19. The van der Waals surface area contributed by atoms with Crippen LogP contribution in [0.3, 0.4) is 0 Å². The van der Waals surface area contributed by atoms with Gasteiger partial charge in [-0.3, -0.25) is 18.7 Å². The summed E-state index contributed by atoms with van der Waals surface area (Å²) in [6.07, 6.45) is -6.53. The minimum absolute atomic E-state index is 0.0799. The second-order valence-electron chi connectivity index (χ2n) is 10.3. The van der Waals surface area contributed by atoms with Crippen molar-refractivity contribution in [2.24, 2.45) is 5.92 Å². The number of aromatic nitrogens is 4. The molecule has 1 unspecified atom stereocenters. The number of H-pyrrole nitrogens is 1. The first-order valence-electron chi connectivity index (χ1n) is 13.0. The molecular formula is C26H33F2N4O8P. The first kappa shape index (κ1) is 30.8. The van der Waals surface area contributed by atoms with Crippen molar-refractivity contribution in [1.82, 2.24) is 19.5 Å². The summed E-state index contributed by atoms with van der Waals surface area (Å²) in [6, 6.07) is 8.07. The number of carbonyl (C=O) groups is 1. The first-order valence-corrected chi connectivity index (χ1v) is 14.7. The number of benzene rings is 1. The van der Waals surface area contributed by atoms with Crippen LogP contribution in [-0.4, -0.2) is 73.5 Å². The molecule has 1 saturated heterocycles. The SMILES string of the molecule is Cc1nc2c(ncn2[C@@H]2O[C@H]([C@@H](C)O[P@](=O)(C[C@@H](C)C(=O)OC(C)C)Oc3ccccc3)[C@H](O)C2(F)CF)c(=O)[nH]1. The van der Waals surface area contributed by atoms with Crippen LogP contribution in [0, 0.1) is 12.8 Å². The number of aliphatic hydroxyl groups is 1. The van der Waals surface area contributed by atoms with Crippen molar-refractivity contribution >= 4 is 24.7 Å². The van der Waals surface area contributed by atoms with E-state index < -0.39 is 74.2 Å². The fourth-order valence-electron chi connectivity index (χ4n) is 4.59. The van der Waals surface area contributed by atoms with Gasteiger partial charge in [0, 0.05) is 0 Å². The number of imidazole rings is 1. The minimum Gasteiger partial charge on any atom is -0.463 e. The predicted molar refractivity (Wildman–Crippen MR) is 143 cm³/mol. The number of carbonyl (C=O) groups excluding carboxylic acids is 1. The fourth-order valence-corrected chi connectivity index (χ4v) is 6.68. The highest BCUT2D eigenvalue weighted by molar-refractivity contribution is 7.54. The van der Waals surface area contributed by atoms with E-state index in [0.29, 0.717) is 0 Å². The number of ether oxygens (including phenoxy) is 2. The van der Waals surface area contributed by atoms with Crippen LogP contribution < -0.4 is 10.1 Å². The molecule has 0 bridgehead atoms. The van der Waals surface area contributed by atoms with E-state index in [-0.39, 0.29) is 22.7 Å². The summed E-state index contributed by atoms with van der Waals surface area (Å²) in [5.74, 6) is -1.17. The van der Waals surface area contributed by atoms with E-state index in [1.165, 1.54) is 32.9 Å². The zero-order valence-corrected chi connectivity index (χ0v) is 24.1. The van der Waals surface area contributed by atoms with Crippen molar-refractivity contribution in [2.45, 2.75) is 70.9 Å². The van der Waals surface area contributed by atoms with E-state index >= 15 is 4.39 Å². The molecule has 3 heterocycles. The van der Waals surface area contributed by atoms with Gasteiger partial charge < -0.3 is 24.1 Å². The van der Waals surface area contributed by atoms with Gasteiger partial charge in [-0.15, -0.1) is 0 Å². The van der Waals surface area contributed by atoms with Crippen LogP contribution >= 0.6 is 7.60 Å². The first-order chi connectivity index (χ1) is 19.3. The summed E-state index contributed by atoms with van der Waals surface area (Å²) < 4.78 is 67.9. The zero-order chi connectivity index (χ0) is 30.1. The van der Waals surface area contributed by atoms with Crippen LogP contribution in [0.25, 0.3) is 11.2 Å². The Labute approximate surface area is 234 Å². The molecule has 0 radical (unpaired) electrons. The van der Waals surface area contributed by atoms with E-state index in [0.717, 1.165) is 10.9 Å². The van der Waals surface area contributed by atoms with Crippen LogP contribution in [0.4, 0.5) is 8.78 Å². The van der Waals surface area contributed by atoms with Gasteiger partial charge in [-0.1, -0.05) is 25.1 Å². The van der Waals surface area contributed by atoms with Gasteiger partial charge in [-0.25, -0.2) is 23.3 Å². The van der Waals surface area contributed by atoms with Crippen LogP contribution in [0.5, 0.6) is 5.75 Å². The highest BCUT2D eigenvalue weighted by Crippen LogP contribution is 2.53. The Bertz CT molecular complexity index is 1490. The molecule has 1 aliphatic rings. The number of esters is 1. The van der Waals surface area contributed by atoms with E-state index in [2.05, 4.69) is 15.0 Å². The summed E-state index contributed by atoms with van der Waals surface area (Å²) >= 11 is 0. The van der Waals surface area contributed by atoms with Gasteiger partial charge >= 0.3 is 13.6 Å². The third-order valence-corrected chi connectivity index (χ3v) is 8.67. The Kier molecular flexibility index (Phi) is 8.98. The average molecular weight is 599 g/mol. The molecule has 0 spiro atoms. The Morgan fingerprint density at radius 2 is 1.95 bits per heavy atom. The van der Waals surface area contributed by atoms with Gasteiger partial charge in [-0.05, 0) is 39.8 Å². The number of halogens is 2. The van der Waals surface area contributed by atoms with Gasteiger partial charge in [0.05, 0.1) is 30.6 Å². The summed E-state index contributed by atoms with van der Waals surface area (Å²) in [6.45, 7) is 6.02. The molecule has 15 heteroatoms. The molecule has 2 aromatic heterocycles. The maximum absolute atomic E-state index is 16.1.